The molecule has 1 aliphatic rings. The zero-order valence-corrected chi connectivity index (χ0v) is 15.1. The van der Waals surface area contributed by atoms with Crippen LogP contribution in [0.2, 0.25) is 5.02 Å². The van der Waals surface area contributed by atoms with Gasteiger partial charge in [0.1, 0.15) is 5.75 Å². The number of halogens is 1. The molecule has 0 aromatic heterocycles. The zero-order valence-electron chi connectivity index (χ0n) is 14.4. The van der Waals surface area contributed by atoms with E-state index in [0.29, 0.717) is 24.5 Å². The van der Waals surface area contributed by atoms with E-state index in [1.54, 1.807) is 18.2 Å². The van der Waals surface area contributed by atoms with E-state index >= 15 is 0 Å². The van der Waals surface area contributed by atoms with Gasteiger partial charge in [0, 0.05) is 42.8 Å². The summed E-state index contributed by atoms with van der Waals surface area (Å²) in [6.45, 7) is 4.99. The Kier molecular flexibility index (Phi) is 5.61. The van der Waals surface area contributed by atoms with Crippen LogP contribution in [-0.2, 0) is 17.8 Å². The topological polar surface area (TPSA) is 43.8 Å². The first-order valence-corrected chi connectivity index (χ1v) is 8.94. The predicted octanol–water partition coefficient (Wildman–Crippen LogP) is 3.32. The lowest BCUT2D eigenvalue weighted by Gasteiger charge is -2.40. The summed E-state index contributed by atoms with van der Waals surface area (Å²) >= 11 is 6.02. The van der Waals surface area contributed by atoms with Crippen LogP contribution in [0.4, 0.5) is 0 Å². The summed E-state index contributed by atoms with van der Waals surface area (Å²) in [5, 5.41) is 10.6. The van der Waals surface area contributed by atoms with E-state index in [1.807, 2.05) is 35.2 Å². The van der Waals surface area contributed by atoms with E-state index in [9.17, 15) is 9.90 Å². The highest BCUT2D eigenvalue weighted by molar-refractivity contribution is 6.30. The zero-order chi connectivity index (χ0) is 17.8. The molecular weight excluding hydrogens is 336 g/mol. The van der Waals surface area contributed by atoms with Gasteiger partial charge in [0.25, 0.3) is 0 Å². The number of carbonyl (C=O) groups excluding carboxylic acids is 1. The third-order valence-corrected chi connectivity index (χ3v) is 4.90. The van der Waals surface area contributed by atoms with Crippen molar-refractivity contribution in [1.29, 1.82) is 0 Å². The molecule has 132 valence electrons. The number of hydrogen-bond donors (Lipinski definition) is 1. The molecule has 25 heavy (non-hydrogen) atoms. The highest BCUT2D eigenvalue weighted by atomic mass is 35.5. The van der Waals surface area contributed by atoms with Gasteiger partial charge in [-0.3, -0.25) is 9.69 Å². The number of benzene rings is 2. The number of phenolic OH excluding ortho intramolecular Hbond substituents is 1. The van der Waals surface area contributed by atoms with E-state index in [1.165, 1.54) is 0 Å². The molecule has 1 N–H and O–H groups in total. The first-order chi connectivity index (χ1) is 12.0. The van der Waals surface area contributed by atoms with Gasteiger partial charge >= 0.3 is 0 Å². The molecule has 0 radical (unpaired) electrons. The number of hydrogen-bond acceptors (Lipinski definition) is 3. The highest BCUT2D eigenvalue weighted by Crippen LogP contribution is 2.24. The van der Waals surface area contributed by atoms with Crippen LogP contribution in [0.5, 0.6) is 5.75 Å². The van der Waals surface area contributed by atoms with E-state index in [0.717, 1.165) is 24.2 Å². The largest absolute Gasteiger partial charge is 0.508 e. The standard InChI is InChI=1S/C20H23ClN2O2/c1-15-13-22(14-17-12-18(21)7-8-19(17)24)9-10-23(15)20(25)11-16-5-3-2-4-6-16/h2-8,12,15,24H,9-11,13-14H2,1H3/t15-/m1/s1. The highest BCUT2D eigenvalue weighted by Gasteiger charge is 2.27. The van der Waals surface area contributed by atoms with Gasteiger partial charge in [0.2, 0.25) is 5.91 Å². The third kappa shape index (κ3) is 4.53. The van der Waals surface area contributed by atoms with Gasteiger partial charge in [0.15, 0.2) is 0 Å². The minimum Gasteiger partial charge on any atom is -0.508 e. The van der Waals surface area contributed by atoms with Crippen molar-refractivity contribution in [2.24, 2.45) is 0 Å². The van der Waals surface area contributed by atoms with Crippen molar-refractivity contribution in [1.82, 2.24) is 9.80 Å². The number of amides is 1. The second-order valence-electron chi connectivity index (χ2n) is 6.61. The number of aromatic hydroxyl groups is 1. The summed E-state index contributed by atoms with van der Waals surface area (Å²) in [4.78, 5) is 16.8. The minimum absolute atomic E-state index is 0.145. The number of carbonyl (C=O) groups is 1. The summed E-state index contributed by atoms with van der Waals surface area (Å²) in [6, 6.07) is 15.1. The first-order valence-electron chi connectivity index (χ1n) is 8.56. The van der Waals surface area contributed by atoms with Crippen LogP contribution in [0.15, 0.2) is 48.5 Å². The Hall–Kier alpha value is -2.04. The van der Waals surface area contributed by atoms with Crippen molar-refractivity contribution in [2.75, 3.05) is 19.6 Å². The Morgan fingerprint density at radius 3 is 2.68 bits per heavy atom. The molecule has 1 heterocycles. The lowest BCUT2D eigenvalue weighted by Crippen LogP contribution is -2.54. The van der Waals surface area contributed by atoms with E-state index in [2.05, 4.69) is 11.8 Å². The van der Waals surface area contributed by atoms with Crippen molar-refractivity contribution in [3.05, 3.63) is 64.7 Å². The monoisotopic (exact) mass is 358 g/mol. The number of rotatable bonds is 4. The maximum atomic E-state index is 12.6. The second kappa shape index (κ2) is 7.89. The molecule has 4 nitrogen and oxygen atoms in total. The molecule has 0 saturated carbocycles. The van der Waals surface area contributed by atoms with Gasteiger partial charge in [-0.25, -0.2) is 0 Å². The molecule has 1 aliphatic heterocycles. The van der Waals surface area contributed by atoms with Crippen LogP contribution >= 0.6 is 11.6 Å². The van der Waals surface area contributed by atoms with Crippen molar-refractivity contribution >= 4 is 17.5 Å². The Morgan fingerprint density at radius 2 is 1.96 bits per heavy atom. The molecule has 2 aromatic rings. The van der Waals surface area contributed by atoms with Gasteiger partial charge < -0.3 is 10.0 Å². The fraction of sp³-hybridized carbons (Fsp3) is 0.350. The third-order valence-electron chi connectivity index (χ3n) is 4.67. The van der Waals surface area contributed by atoms with Crippen LogP contribution in [0.1, 0.15) is 18.1 Å². The molecule has 1 atom stereocenters. The van der Waals surface area contributed by atoms with Crippen LogP contribution in [-0.4, -0.2) is 46.5 Å². The summed E-state index contributed by atoms with van der Waals surface area (Å²) in [5.41, 5.74) is 1.87. The second-order valence-corrected chi connectivity index (χ2v) is 7.04. The molecule has 1 amide bonds. The fourth-order valence-electron chi connectivity index (χ4n) is 3.34. The smallest absolute Gasteiger partial charge is 0.227 e. The first kappa shape index (κ1) is 17.8. The maximum Gasteiger partial charge on any atom is 0.227 e. The van der Waals surface area contributed by atoms with Crippen molar-refractivity contribution in [3.63, 3.8) is 0 Å². The number of phenols is 1. The summed E-state index contributed by atoms with van der Waals surface area (Å²) in [6.07, 6.45) is 0.445. The summed E-state index contributed by atoms with van der Waals surface area (Å²) < 4.78 is 0. The Balaban J connectivity index is 1.58. The predicted molar refractivity (Wildman–Crippen MR) is 99.7 cm³/mol. The van der Waals surface area contributed by atoms with Crippen molar-refractivity contribution < 1.29 is 9.90 Å². The van der Waals surface area contributed by atoms with Crippen molar-refractivity contribution in [3.8, 4) is 5.75 Å². The number of piperazine rings is 1. The molecule has 1 fully saturated rings. The van der Waals surface area contributed by atoms with E-state index in [-0.39, 0.29) is 17.7 Å². The van der Waals surface area contributed by atoms with Crippen LogP contribution in [0.3, 0.4) is 0 Å². The molecule has 0 aliphatic carbocycles. The van der Waals surface area contributed by atoms with Crippen LogP contribution in [0.25, 0.3) is 0 Å². The van der Waals surface area contributed by atoms with E-state index in [4.69, 9.17) is 11.6 Å². The Labute approximate surface area is 153 Å². The van der Waals surface area contributed by atoms with Crippen LogP contribution < -0.4 is 0 Å². The molecular formula is C20H23ClN2O2. The quantitative estimate of drug-likeness (QED) is 0.911. The molecule has 0 spiro atoms. The summed E-state index contributed by atoms with van der Waals surface area (Å²) in [7, 11) is 0. The maximum absolute atomic E-state index is 12.6. The Morgan fingerprint density at radius 1 is 1.20 bits per heavy atom. The van der Waals surface area contributed by atoms with Gasteiger partial charge in [0.05, 0.1) is 6.42 Å². The molecule has 3 rings (SSSR count). The molecule has 0 bridgehead atoms. The van der Waals surface area contributed by atoms with E-state index < -0.39 is 0 Å². The average Bonchev–Trinajstić information content (AvgIpc) is 2.59. The average molecular weight is 359 g/mol. The molecule has 1 saturated heterocycles. The van der Waals surface area contributed by atoms with Crippen molar-refractivity contribution in [2.45, 2.75) is 25.9 Å². The molecule has 2 aromatic carbocycles. The lowest BCUT2D eigenvalue weighted by molar-refractivity contribution is -0.135. The minimum atomic E-state index is 0.145. The van der Waals surface area contributed by atoms with Crippen LogP contribution in [0, 0.1) is 0 Å². The fourth-order valence-corrected chi connectivity index (χ4v) is 3.54. The Bertz CT molecular complexity index is 736. The van der Waals surface area contributed by atoms with Gasteiger partial charge in [-0.2, -0.15) is 0 Å². The van der Waals surface area contributed by atoms with Gasteiger partial charge in [-0.05, 0) is 30.7 Å². The normalized spacial score (nSPS) is 18.3. The molecule has 5 heteroatoms. The lowest BCUT2D eigenvalue weighted by atomic mass is 10.1. The van der Waals surface area contributed by atoms with Gasteiger partial charge in [-0.1, -0.05) is 41.9 Å². The number of nitrogens with zero attached hydrogens (tertiary/aromatic N) is 2. The SMILES string of the molecule is C[C@@H]1CN(Cc2cc(Cl)ccc2O)CCN1C(=O)Cc1ccccc1. The molecule has 0 unspecified atom stereocenters. The summed E-state index contributed by atoms with van der Waals surface area (Å²) in [5.74, 6) is 0.434. The van der Waals surface area contributed by atoms with Gasteiger partial charge in [-0.15, -0.1) is 0 Å².